The Bertz CT molecular complexity index is 601. The largest absolute Gasteiger partial charge is 0.342 e. The number of piperidine rings is 2. The summed E-state index contributed by atoms with van der Waals surface area (Å²) in [7, 11) is 1.98. The van der Waals surface area contributed by atoms with Gasteiger partial charge in [0, 0.05) is 51.0 Å². The summed E-state index contributed by atoms with van der Waals surface area (Å²) >= 11 is 0. The van der Waals surface area contributed by atoms with Gasteiger partial charge in [0.1, 0.15) is 0 Å². The smallest absolute Gasteiger partial charge is 0.226 e. The molecule has 0 bridgehead atoms. The lowest BCUT2D eigenvalue weighted by Gasteiger charge is -2.42. The maximum absolute atomic E-state index is 12.8. The van der Waals surface area contributed by atoms with Crippen molar-refractivity contribution in [2.24, 2.45) is 13.0 Å². The van der Waals surface area contributed by atoms with Gasteiger partial charge in [-0.1, -0.05) is 0 Å². The zero-order valence-electron chi connectivity index (χ0n) is 16.1. The van der Waals surface area contributed by atoms with Crippen LogP contribution in [0.1, 0.15) is 44.1 Å². The van der Waals surface area contributed by atoms with E-state index < -0.39 is 0 Å². The number of hydrogen-bond donors (Lipinski definition) is 0. The van der Waals surface area contributed by atoms with Crippen molar-refractivity contribution in [3.63, 3.8) is 0 Å². The third-order valence-corrected chi connectivity index (χ3v) is 6.46. The Labute approximate surface area is 157 Å². The van der Waals surface area contributed by atoms with Crippen molar-refractivity contribution in [3.8, 4) is 0 Å². The average molecular weight is 360 g/mol. The second-order valence-electron chi connectivity index (χ2n) is 8.40. The number of rotatable bonds is 4. The lowest BCUT2D eigenvalue weighted by atomic mass is 9.93. The topological polar surface area (TPSA) is 44.6 Å². The van der Waals surface area contributed by atoms with Crippen molar-refractivity contribution in [3.05, 3.63) is 18.0 Å². The van der Waals surface area contributed by atoms with Crippen LogP contribution in [0.5, 0.6) is 0 Å². The summed E-state index contributed by atoms with van der Waals surface area (Å²) in [5, 5.41) is 4.27. The molecule has 1 amide bonds. The third-order valence-electron chi connectivity index (χ3n) is 6.46. The highest BCUT2D eigenvalue weighted by Gasteiger charge is 2.34. The van der Waals surface area contributed by atoms with Crippen LogP contribution < -0.4 is 0 Å². The third kappa shape index (κ3) is 4.12. The van der Waals surface area contributed by atoms with Crippen molar-refractivity contribution < 1.29 is 4.79 Å². The number of aryl methyl sites for hydroxylation is 1. The Morgan fingerprint density at radius 1 is 1.08 bits per heavy atom. The number of hydrogen-bond acceptors (Lipinski definition) is 4. The van der Waals surface area contributed by atoms with Crippen LogP contribution in [0.25, 0.3) is 0 Å². The molecule has 144 valence electrons. The van der Waals surface area contributed by atoms with E-state index in [4.69, 9.17) is 0 Å². The molecule has 6 heteroatoms. The number of likely N-dealkylation sites (tertiary alicyclic amines) is 3. The zero-order chi connectivity index (χ0) is 17.9. The fourth-order valence-electron chi connectivity index (χ4n) is 4.99. The van der Waals surface area contributed by atoms with Gasteiger partial charge in [0.2, 0.25) is 5.91 Å². The van der Waals surface area contributed by atoms with Gasteiger partial charge in [0.05, 0.1) is 12.1 Å². The number of nitrogens with zero attached hydrogens (tertiary/aromatic N) is 5. The Morgan fingerprint density at radius 2 is 1.85 bits per heavy atom. The van der Waals surface area contributed by atoms with Gasteiger partial charge in [-0.15, -0.1) is 0 Å². The molecular formula is C20H33N5O. The molecule has 26 heavy (non-hydrogen) atoms. The van der Waals surface area contributed by atoms with Crippen molar-refractivity contribution in [1.82, 2.24) is 24.5 Å². The Morgan fingerprint density at radius 3 is 2.54 bits per heavy atom. The molecular weight excluding hydrogens is 326 g/mol. The van der Waals surface area contributed by atoms with Crippen LogP contribution in [0.2, 0.25) is 0 Å². The van der Waals surface area contributed by atoms with Crippen LogP contribution >= 0.6 is 0 Å². The molecule has 6 nitrogen and oxygen atoms in total. The molecule has 0 aliphatic carbocycles. The second kappa shape index (κ2) is 8.09. The Kier molecular flexibility index (Phi) is 5.60. The molecule has 0 N–H and O–H groups in total. The van der Waals surface area contributed by atoms with Gasteiger partial charge in [0.15, 0.2) is 0 Å². The van der Waals surface area contributed by atoms with Crippen LogP contribution in [0.3, 0.4) is 0 Å². The number of carbonyl (C=O) groups excluding carboxylic acids is 1. The van der Waals surface area contributed by atoms with Crippen LogP contribution in [0.15, 0.2) is 12.4 Å². The fourth-order valence-corrected chi connectivity index (χ4v) is 4.99. The zero-order valence-corrected chi connectivity index (χ0v) is 16.1. The molecule has 3 fully saturated rings. The van der Waals surface area contributed by atoms with Crippen molar-refractivity contribution in [1.29, 1.82) is 0 Å². The summed E-state index contributed by atoms with van der Waals surface area (Å²) in [6.07, 6.45) is 11.2. The van der Waals surface area contributed by atoms with Gasteiger partial charge in [-0.05, 0) is 58.2 Å². The lowest BCUT2D eigenvalue weighted by Crippen LogP contribution is -2.50. The van der Waals surface area contributed by atoms with E-state index in [9.17, 15) is 4.79 Å². The number of amides is 1. The fraction of sp³-hybridized carbons (Fsp3) is 0.800. The summed E-state index contributed by atoms with van der Waals surface area (Å²) in [6, 6.07) is 0.661. The Balaban J connectivity index is 1.26. The molecule has 3 saturated heterocycles. The molecule has 3 aliphatic rings. The van der Waals surface area contributed by atoms with Gasteiger partial charge < -0.3 is 4.90 Å². The summed E-state index contributed by atoms with van der Waals surface area (Å²) < 4.78 is 1.88. The molecule has 0 saturated carbocycles. The molecule has 4 rings (SSSR count). The molecule has 4 heterocycles. The van der Waals surface area contributed by atoms with E-state index in [1.165, 1.54) is 44.2 Å². The van der Waals surface area contributed by atoms with Gasteiger partial charge in [0.25, 0.3) is 0 Å². The standard InChI is InChI=1S/C20H33N5O/c1-22-14-17(13-21-22)15-23-11-6-19(7-12-23)25-10-4-5-18(16-25)20(26)24-8-2-3-9-24/h13-14,18-19H,2-12,15-16H2,1H3/t18-/m1/s1. The van der Waals surface area contributed by atoms with E-state index in [2.05, 4.69) is 26.0 Å². The SMILES string of the molecule is Cn1cc(CN2CCC(N3CCC[C@@H](C(=O)N4CCCC4)C3)CC2)cn1. The predicted molar refractivity (Wildman–Crippen MR) is 102 cm³/mol. The molecule has 1 aromatic heterocycles. The first-order chi connectivity index (χ1) is 12.7. The van der Waals surface area contributed by atoms with Crippen molar-refractivity contribution in [2.45, 2.75) is 51.1 Å². The van der Waals surface area contributed by atoms with E-state index in [1.807, 2.05) is 17.9 Å². The molecule has 0 aromatic carbocycles. The van der Waals surface area contributed by atoms with Crippen LogP contribution in [0.4, 0.5) is 0 Å². The highest BCUT2D eigenvalue weighted by molar-refractivity contribution is 5.79. The Hall–Kier alpha value is -1.40. The van der Waals surface area contributed by atoms with Crippen LogP contribution in [-0.2, 0) is 18.4 Å². The first-order valence-corrected chi connectivity index (χ1v) is 10.4. The summed E-state index contributed by atoms with van der Waals surface area (Å²) in [6.45, 7) is 7.46. The van der Waals surface area contributed by atoms with Gasteiger partial charge in [-0.25, -0.2) is 0 Å². The minimum absolute atomic E-state index is 0.246. The number of carbonyl (C=O) groups is 1. The molecule has 3 aliphatic heterocycles. The first kappa shape index (κ1) is 18.0. The molecule has 0 unspecified atom stereocenters. The first-order valence-electron chi connectivity index (χ1n) is 10.4. The van der Waals surface area contributed by atoms with Crippen LogP contribution in [-0.4, -0.2) is 75.7 Å². The summed E-state index contributed by atoms with van der Waals surface area (Å²) in [4.78, 5) is 20.1. The maximum atomic E-state index is 12.8. The highest BCUT2D eigenvalue weighted by atomic mass is 16.2. The average Bonchev–Trinajstić information content (AvgIpc) is 3.34. The van der Waals surface area contributed by atoms with Crippen molar-refractivity contribution in [2.75, 3.05) is 39.3 Å². The minimum Gasteiger partial charge on any atom is -0.342 e. The predicted octanol–water partition coefficient (Wildman–Crippen LogP) is 1.72. The number of aromatic nitrogens is 2. The van der Waals surface area contributed by atoms with E-state index in [0.29, 0.717) is 11.9 Å². The normalized spacial score (nSPS) is 26.5. The van der Waals surface area contributed by atoms with Crippen LogP contribution in [0, 0.1) is 5.92 Å². The van der Waals surface area contributed by atoms with Crippen molar-refractivity contribution >= 4 is 5.91 Å². The minimum atomic E-state index is 0.246. The summed E-state index contributed by atoms with van der Waals surface area (Å²) in [5.41, 5.74) is 1.31. The second-order valence-corrected chi connectivity index (χ2v) is 8.40. The monoisotopic (exact) mass is 359 g/mol. The van der Waals surface area contributed by atoms with E-state index in [0.717, 1.165) is 45.7 Å². The summed E-state index contributed by atoms with van der Waals surface area (Å²) in [5.74, 6) is 0.677. The molecule has 0 radical (unpaired) electrons. The van der Waals surface area contributed by atoms with Gasteiger partial charge >= 0.3 is 0 Å². The van der Waals surface area contributed by atoms with Gasteiger partial charge in [-0.2, -0.15) is 5.10 Å². The quantitative estimate of drug-likeness (QED) is 0.821. The molecule has 1 atom stereocenters. The van der Waals surface area contributed by atoms with E-state index >= 15 is 0 Å². The lowest BCUT2D eigenvalue weighted by molar-refractivity contribution is -0.136. The maximum Gasteiger partial charge on any atom is 0.226 e. The van der Waals surface area contributed by atoms with E-state index in [1.54, 1.807) is 0 Å². The van der Waals surface area contributed by atoms with Gasteiger partial charge in [-0.3, -0.25) is 19.3 Å². The molecule has 1 aromatic rings. The molecule has 0 spiro atoms. The highest BCUT2D eigenvalue weighted by Crippen LogP contribution is 2.26. The van der Waals surface area contributed by atoms with E-state index in [-0.39, 0.29) is 5.92 Å².